The van der Waals surface area contributed by atoms with Gasteiger partial charge in [-0.05, 0) is 13.0 Å². The number of benzene rings is 1. The number of anilines is 1. The van der Waals surface area contributed by atoms with E-state index in [0.717, 1.165) is 0 Å². The number of ether oxygens (including phenoxy) is 2. The first-order chi connectivity index (χ1) is 13.4. The molecule has 1 amide bonds. The number of amides is 1. The predicted molar refractivity (Wildman–Crippen MR) is 101 cm³/mol. The third-order valence-electron chi connectivity index (χ3n) is 4.67. The number of rotatable bonds is 4. The molecule has 1 spiro atoms. The number of esters is 1. The molecule has 0 aromatic heterocycles. The van der Waals surface area contributed by atoms with Crippen molar-refractivity contribution in [3.8, 4) is 18.4 Å². The number of hydrogen-bond acceptors (Lipinski definition) is 6. The molecule has 1 aromatic rings. The minimum absolute atomic E-state index is 0.0366. The van der Waals surface area contributed by atoms with E-state index in [9.17, 15) is 14.9 Å². The lowest BCUT2D eigenvalue weighted by atomic mass is 9.68. The summed E-state index contributed by atoms with van der Waals surface area (Å²) in [5.74, 6) is 0.912. The van der Waals surface area contributed by atoms with Gasteiger partial charge in [0.1, 0.15) is 29.6 Å². The maximum atomic E-state index is 13.7. The van der Waals surface area contributed by atoms with Gasteiger partial charge < -0.3 is 15.2 Å². The van der Waals surface area contributed by atoms with Crippen LogP contribution in [0.5, 0.6) is 0 Å². The zero-order chi connectivity index (χ0) is 20.5. The summed E-state index contributed by atoms with van der Waals surface area (Å²) in [7, 11) is 0. The first-order valence-electron chi connectivity index (χ1n) is 8.37. The van der Waals surface area contributed by atoms with E-state index in [4.69, 9.17) is 21.6 Å². The van der Waals surface area contributed by atoms with Crippen LogP contribution in [-0.2, 0) is 24.5 Å². The van der Waals surface area contributed by atoms with Crippen LogP contribution in [0.1, 0.15) is 12.5 Å². The van der Waals surface area contributed by atoms with Crippen molar-refractivity contribution in [2.24, 2.45) is 5.73 Å². The summed E-state index contributed by atoms with van der Waals surface area (Å²) >= 11 is 0. The topological polar surface area (TPSA) is 106 Å². The van der Waals surface area contributed by atoms with Gasteiger partial charge in [0.15, 0.2) is 5.41 Å². The third-order valence-corrected chi connectivity index (χ3v) is 4.67. The van der Waals surface area contributed by atoms with E-state index in [2.05, 4.69) is 12.5 Å². The van der Waals surface area contributed by atoms with Gasteiger partial charge in [0.2, 0.25) is 11.8 Å². The summed E-state index contributed by atoms with van der Waals surface area (Å²) in [6.07, 6.45) is 6.84. The Bertz CT molecular complexity index is 1040. The van der Waals surface area contributed by atoms with Gasteiger partial charge in [-0.2, -0.15) is 5.26 Å². The van der Waals surface area contributed by atoms with Gasteiger partial charge in [0, 0.05) is 11.3 Å². The van der Waals surface area contributed by atoms with Gasteiger partial charge >= 0.3 is 5.97 Å². The van der Waals surface area contributed by atoms with Gasteiger partial charge in [0.25, 0.3) is 0 Å². The zero-order valence-electron chi connectivity index (χ0n) is 15.2. The highest BCUT2D eigenvalue weighted by atomic mass is 16.5. The van der Waals surface area contributed by atoms with Crippen LogP contribution < -0.4 is 10.6 Å². The SMILES string of the molecule is C#CCN1C(=O)[C@@]2(C(C#N)=C(N)OC(C)=C2C(=O)OCC=C)c2ccccc21. The Kier molecular flexibility index (Phi) is 4.69. The molecular formula is C21H17N3O4. The lowest BCUT2D eigenvalue weighted by molar-refractivity contribution is -0.140. The molecule has 0 fully saturated rings. The van der Waals surface area contributed by atoms with Gasteiger partial charge in [-0.3, -0.25) is 9.69 Å². The molecule has 1 aromatic carbocycles. The average Bonchev–Trinajstić information content (AvgIpc) is 2.90. The van der Waals surface area contributed by atoms with Gasteiger partial charge in [-0.25, -0.2) is 4.79 Å². The number of carbonyl (C=O) groups is 2. The Morgan fingerprint density at radius 2 is 2.21 bits per heavy atom. The van der Waals surface area contributed by atoms with Crippen LogP contribution >= 0.6 is 0 Å². The monoisotopic (exact) mass is 375 g/mol. The number of nitriles is 1. The van der Waals surface area contributed by atoms with Crippen LogP contribution in [-0.4, -0.2) is 25.0 Å². The van der Waals surface area contributed by atoms with Gasteiger partial charge in [0.05, 0.1) is 6.54 Å². The van der Waals surface area contributed by atoms with Crippen LogP contribution in [0.4, 0.5) is 5.69 Å². The molecular weight excluding hydrogens is 358 g/mol. The second-order valence-corrected chi connectivity index (χ2v) is 6.13. The average molecular weight is 375 g/mol. The Balaban J connectivity index is 2.38. The van der Waals surface area contributed by atoms with Crippen molar-refractivity contribution >= 4 is 17.6 Å². The summed E-state index contributed by atoms with van der Waals surface area (Å²) in [5.41, 5.74) is 4.81. The summed E-state index contributed by atoms with van der Waals surface area (Å²) < 4.78 is 10.6. The van der Waals surface area contributed by atoms with Crippen molar-refractivity contribution in [3.63, 3.8) is 0 Å². The number of para-hydroxylation sites is 1. The molecule has 2 aliphatic heterocycles. The molecule has 2 heterocycles. The zero-order valence-corrected chi connectivity index (χ0v) is 15.2. The van der Waals surface area contributed by atoms with Crippen molar-refractivity contribution in [3.05, 3.63) is 65.3 Å². The maximum Gasteiger partial charge on any atom is 0.339 e. The fourth-order valence-corrected chi connectivity index (χ4v) is 3.67. The van der Waals surface area contributed by atoms with Crippen LogP contribution in [0.25, 0.3) is 0 Å². The lowest BCUT2D eigenvalue weighted by Gasteiger charge is -2.34. The smallest absolute Gasteiger partial charge is 0.339 e. The third kappa shape index (κ3) is 2.38. The van der Waals surface area contributed by atoms with Crippen molar-refractivity contribution in [2.75, 3.05) is 18.1 Å². The highest BCUT2D eigenvalue weighted by Gasteiger charge is 2.62. The number of nitrogens with two attached hydrogens (primary N) is 1. The highest BCUT2D eigenvalue weighted by Crippen LogP contribution is 2.53. The fraction of sp³-hybridized carbons (Fsp3) is 0.190. The quantitative estimate of drug-likeness (QED) is 0.487. The van der Waals surface area contributed by atoms with Crippen molar-refractivity contribution < 1.29 is 19.1 Å². The Labute approximate surface area is 162 Å². The number of hydrogen-bond donors (Lipinski definition) is 1. The van der Waals surface area contributed by atoms with E-state index in [1.54, 1.807) is 24.3 Å². The first-order valence-corrected chi connectivity index (χ1v) is 8.37. The molecule has 1 atom stereocenters. The molecule has 28 heavy (non-hydrogen) atoms. The largest absolute Gasteiger partial charge is 0.458 e. The normalized spacial score (nSPS) is 20.4. The Hall–Kier alpha value is -3.97. The molecule has 7 nitrogen and oxygen atoms in total. The standard InChI is InChI=1S/C21H17N3O4/c1-4-10-24-16-9-7-6-8-14(16)21(20(24)26)15(12-22)18(23)28-13(3)17(21)19(25)27-11-5-2/h1,5-9H,2,10-11,23H2,3H3/t21-/m1/s1. The Morgan fingerprint density at radius 3 is 2.86 bits per heavy atom. The van der Waals surface area contributed by atoms with Gasteiger partial charge in [-0.15, -0.1) is 6.42 Å². The van der Waals surface area contributed by atoms with Crippen LogP contribution in [0.15, 0.2) is 59.7 Å². The molecule has 0 unspecified atom stereocenters. The van der Waals surface area contributed by atoms with Crippen LogP contribution in [0, 0.1) is 23.7 Å². The predicted octanol–water partition coefficient (Wildman–Crippen LogP) is 1.63. The van der Waals surface area contributed by atoms with Crippen LogP contribution in [0.3, 0.4) is 0 Å². The number of carbonyl (C=O) groups excluding carboxylic acids is 2. The molecule has 0 radical (unpaired) electrons. The van der Waals surface area contributed by atoms with E-state index in [1.165, 1.54) is 17.9 Å². The maximum absolute atomic E-state index is 13.7. The lowest BCUT2D eigenvalue weighted by Crippen LogP contribution is -2.48. The molecule has 2 aliphatic rings. The minimum Gasteiger partial charge on any atom is -0.458 e. The van der Waals surface area contributed by atoms with Crippen molar-refractivity contribution in [1.82, 2.24) is 0 Å². The highest BCUT2D eigenvalue weighted by molar-refractivity contribution is 6.18. The molecule has 140 valence electrons. The van der Waals surface area contributed by atoms with Gasteiger partial charge in [-0.1, -0.05) is 36.8 Å². The number of terminal acetylenes is 1. The second kappa shape index (κ2) is 6.98. The van der Waals surface area contributed by atoms with E-state index < -0.39 is 17.3 Å². The van der Waals surface area contributed by atoms with E-state index in [0.29, 0.717) is 11.3 Å². The van der Waals surface area contributed by atoms with Crippen molar-refractivity contribution in [2.45, 2.75) is 12.3 Å². The minimum atomic E-state index is -1.78. The molecule has 0 bridgehead atoms. The number of fused-ring (bicyclic) bond motifs is 2. The molecule has 0 saturated heterocycles. The van der Waals surface area contributed by atoms with Crippen molar-refractivity contribution in [1.29, 1.82) is 5.26 Å². The molecule has 0 saturated carbocycles. The second-order valence-electron chi connectivity index (χ2n) is 6.13. The first kappa shape index (κ1) is 18.8. The molecule has 7 heteroatoms. The number of nitrogens with zero attached hydrogens (tertiary/aromatic N) is 2. The summed E-state index contributed by atoms with van der Waals surface area (Å²) in [5, 5.41) is 9.84. The molecule has 2 N–H and O–H groups in total. The molecule has 0 aliphatic carbocycles. The van der Waals surface area contributed by atoms with E-state index in [-0.39, 0.29) is 35.9 Å². The summed E-state index contributed by atoms with van der Waals surface area (Å²) in [6.45, 7) is 4.90. The van der Waals surface area contributed by atoms with E-state index in [1.807, 2.05) is 6.07 Å². The Morgan fingerprint density at radius 1 is 1.50 bits per heavy atom. The summed E-state index contributed by atoms with van der Waals surface area (Å²) in [6, 6.07) is 8.75. The molecule has 3 rings (SSSR count). The number of allylic oxidation sites excluding steroid dienone is 1. The van der Waals surface area contributed by atoms with Crippen LogP contribution in [0.2, 0.25) is 0 Å². The fourth-order valence-electron chi connectivity index (χ4n) is 3.67. The summed E-state index contributed by atoms with van der Waals surface area (Å²) in [4.78, 5) is 27.9. The van der Waals surface area contributed by atoms with E-state index >= 15 is 0 Å².